The molecule has 0 atom stereocenters. The number of carbonyl (C=O) groups excluding carboxylic acids is 1. The quantitative estimate of drug-likeness (QED) is 0.926. The number of hydrogen-bond acceptors (Lipinski definition) is 6. The Kier molecular flexibility index (Phi) is 5.39. The van der Waals surface area contributed by atoms with Crippen LogP contribution in [0.1, 0.15) is 31.5 Å². The Morgan fingerprint density at radius 2 is 2.27 bits per heavy atom. The van der Waals surface area contributed by atoms with E-state index < -0.39 is 5.60 Å². The number of thiazole rings is 1. The van der Waals surface area contributed by atoms with E-state index in [0.29, 0.717) is 19.6 Å². The zero-order valence-corrected chi connectivity index (χ0v) is 14.5. The van der Waals surface area contributed by atoms with Crippen molar-refractivity contribution in [3.63, 3.8) is 0 Å². The fourth-order valence-corrected chi connectivity index (χ4v) is 2.71. The van der Waals surface area contributed by atoms with Crippen molar-refractivity contribution in [1.29, 1.82) is 0 Å². The van der Waals surface area contributed by atoms with Crippen LogP contribution in [0.15, 0.2) is 10.4 Å². The molecule has 1 N–H and O–H groups in total. The molecule has 0 aromatic carbocycles. The first-order valence-corrected chi connectivity index (χ1v) is 8.37. The molecule has 0 radical (unpaired) electrons. The molecule has 0 fully saturated rings. The second kappa shape index (κ2) is 7.09. The number of aryl methyl sites for hydroxylation is 1. The molecule has 0 bridgehead atoms. The van der Waals surface area contributed by atoms with Crippen molar-refractivity contribution in [1.82, 2.24) is 15.2 Å². The highest BCUT2D eigenvalue weighted by Gasteiger charge is 2.24. The van der Waals surface area contributed by atoms with Crippen LogP contribution in [-0.2, 0) is 11.2 Å². The van der Waals surface area contributed by atoms with Crippen molar-refractivity contribution in [3.8, 4) is 0 Å². The number of hydrogen-bond donors (Lipinski definition) is 1. The summed E-state index contributed by atoms with van der Waals surface area (Å²) in [5.74, 6) is 0.837. The van der Waals surface area contributed by atoms with Crippen LogP contribution in [0, 0.1) is 6.92 Å². The number of nitrogens with one attached hydrogen (secondary N) is 1. The molecule has 0 saturated carbocycles. The predicted octanol–water partition coefficient (Wildman–Crippen LogP) is 2.23. The van der Waals surface area contributed by atoms with Crippen molar-refractivity contribution >= 4 is 23.3 Å². The van der Waals surface area contributed by atoms with Gasteiger partial charge in [0.25, 0.3) is 0 Å². The average molecular weight is 324 g/mol. The second-order valence-corrected chi connectivity index (χ2v) is 7.33. The molecule has 1 aromatic rings. The Morgan fingerprint density at radius 1 is 1.50 bits per heavy atom. The van der Waals surface area contributed by atoms with Gasteiger partial charge in [-0.05, 0) is 27.7 Å². The van der Waals surface area contributed by atoms with Gasteiger partial charge in [0.2, 0.25) is 0 Å². The third-order valence-electron chi connectivity index (χ3n) is 3.04. The molecule has 1 aromatic heterocycles. The number of rotatable bonds is 3. The van der Waals surface area contributed by atoms with E-state index in [-0.39, 0.29) is 6.09 Å². The van der Waals surface area contributed by atoms with E-state index in [0.717, 1.165) is 29.5 Å². The van der Waals surface area contributed by atoms with E-state index >= 15 is 0 Å². The molecule has 0 spiro atoms. The summed E-state index contributed by atoms with van der Waals surface area (Å²) in [6.45, 7) is 10.1. The Morgan fingerprint density at radius 3 is 2.91 bits per heavy atom. The van der Waals surface area contributed by atoms with Gasteiger partial charge in [-0.1, -0.05) is 0 Å². The maximum atomic E-state index is 12.1. The van der Waals surface area contributed by atoms with Crippen molar-refractivity contribution in [2.24, 2.45) is 4.99 Å². The number of amides is 1. The van der Waals surface area contributed by atoms with Crippen LogP contribution in [0.5, 0.6) is 0 Å². The van der Waals surface area contributed by atoms with Crippen LogP contribution in [0.25, 0.3) is 0 Å². The van der Waals surface area contributed by atoms with Gasteiger partial charge in [-0.25, -0.2) is 9.78 Å². The zero-order chi connectivity index (χ0) is 16.2. The zero-order valence-electron chi connectivity index (χ0n) is 13.7. The first-order valence-electron chi connectivity index (χ1n) is 7.49. The average Bonchev–Trinajstić information content (AvgIpc) is 2.83. The van der Waals surface area contributed by atoms with Gasteiger partial charge in [0.15, 0.2) is 0 Å². The molecule has 0 unspecified atom stereocenters. The molecule has 1 aliphatic rings. The molecule has 2 rings (SSSR count). The Balaban J connectivity index is 1.78. The summed E-state index contributed by atoms with van der Waals surface area (Å²) in [7, 11) is 0. The van der Waals surface area contributed by atoms with Gasteiger partial charge in [-0.3, -0.25) is 9.89 Å². The van der Waals surface area contributed by atoms with Crippen LogP contribution >= 0.6 is 11.3 Å². The first kappa shape index (κ1) is 16.7. The fraction of sp³-hybridized carbons (Fsp3) is 0.667. The van der Waals surface area contributed by atoms with Gasteiger partial charge in [-0.15, -0.1) is 11.3 Å². The highest BCUT2D eigenvalue weighted by molar-refractivity contribution is 7.09. The maximum Gasteiger partial charge on any atom is 0.410 e. The van der Waals surface area contributed by atoms with Gasteiger partial charge >= 0.3 is 6.09 Å². The van der Waals surface area contributed by atoms with E-state index in [1.165, 1.54) is 0 Å². The van der Waals surface area contributed by atoms with Crippen LogP contribution in [0.2, 0.25) is 0 Å². The molecule has 1 aliphatic heterocycles. The molecule has 6 nitrogen and oxygen atoms in total. The summed E-state index contributed by atoms with van der Waals surface area (Å²) in [5, 5.41) is 6.45. The van der Waals surface area contributed by atoms with Crippen molar-refractivity contribution in [3.05, 3.63) is 16.1 Å². The topological polar surface area (TPSA) is 66.8 Å². The Bertz CT molecular complexity index is 548. The number of carbonyl (C=O) groups is 1. The molecule has 1 amide bonds. The second-order valence-electron chi connectivity index (χ2n) is 6.26. The van der Waals surface area contributed by atoms with Crippen LogP contribution in [0.4, 0.5) is 4.79 Å². The summed E-state index contributed by atoms with van der Waals surface area (Å²) < 4.78 is 5.40. The Hall–Kier alpha value is -1.63. The van der Waals surface area contributed by atoms with Gasteiger partial charge in [-0.2, -0.15) is 0 Å². The molecule has 2 heterocycles. The summed E-state index contributed by atoms with van der Waals surface area (Å²) in [6.07, 6.45) is 0.576. The van der Waals surface area contributed by atoms with Gasteiger partial charge < -0.3 is 10.1 Å². The van der Waals surface area contributed by atoms with Crippen LogP contribution in [0.3, 0.4) is 0 Å². The van der Waals surface area contributed by atoms with Crippen molar-refractivity contribution in [2.75, 3.05) is 26.2 Å². The smallest absolute Gasteiger partial charge is 0.410 e. The van der Waals surface area contributed by atoms with E-state index in [2.05, 4.69) is 20.7 Å². The lowest BCUT2D eigenvalue weighted by Crippen LogP contribution is -2.47. The fourth-order valence-electron chi connectivity index (χ4n) is 2.07. The van der Waals surface area contributed by atoms with Gasteiger partial charge in [0.05, 0.1) is 23.8 Å². The van der Waals surface area contributed by atoms with Gasteiger partial charge in [0, 0.05) is 24.9 Å². The number of nitrogens with zero attached hydrogens (tertiary/aromatic N) is 3. The lowest BCUT2D eigenvalue weighted by atomic mass is 10.2. The monoisotopic (exact) mass is 324 g/mol. The highest BCUT2D eigenvalue weighted by atomic mass is 32.1. The van der Waals surface area contributed by atoms with Crippen LogP contribution < -0.4 is 5.32 Å². The van der Waals surface area contributed by atoms with Gasteiger partial charge in [0.1, 0.15) is 11.4 Å². The highest BCUT2D eigenvalue weighted by Crippen LogP contribution is 2.11. The van der Waals surface area contributed by atoms with Crippen molar-refractivity contribution < 1.29 is 9.53 Å². The maximum absolute atomic E-state index is 12.1. The number of ether oxygens (including phenoxy) is 1. The third-order valence-corrected chi connectivity index (χ3v) is 3.86. The summed E-state index contributed by atoms with van der Waals surface area (Å²) >= 11 is 1.66. The lowest BCUT2D eigenvalue weighted by molar-refractivity contribution is 0.0276. The number of aromatic nitrogens is 1. The van der Waals surface area contributed by atoms with E-state index in [4.69, 9.17) is 4.74 Å². The molecule has 122 valence electrons. The lowest BCUT2D eigenvalue weighted by Gasteiger charge is -2.29. The normalized spacial score (nSPS) is 15.5. The summed E-state index contributed by atoms with van der Waals surface area (Å²) in [5.41, 5.74) is 0.622. The third kappa shape index (κ3) is 5.29. The number of amidine groups is 1. The molecule has 7 heteroatoms. The van der Waals surface area contributed by atoms with Crippen molar-refractivity contribution in [2.45, 2.75) is 39.7 Å². The van der Waals surface area contributed by atoms with E-state index in [1.54, 1.807) is 16.2 Å². The Labute approximate surface area is 135 Å². The SMILES string of the molecule is Cc1nc(CCNC2=NCCN(C(=O)OC(C)(C)C)C2)cs1. The molecular formula is C15H24N4O2S. The first-order chi connectivity index (χ1) is 10.3. The number of aliphatic imine (C=N–C) groups is 1. The molecule has 0 aliphatic carbocycles. The predicted molar refractivity (Wildman–Crippen MR) is 88.7 cm³/mol. The van der Waals surface area contributed by atoms with E-state index in [9.17, 15) is 4.79 Å². The largest absolute Gasteiger partial charge is 0.444 e. The van der Waals surface area contributed by atoms with Crippen LogP contribution in [-0.4, -0.2) is 53.6 Å². The molecular weight excluding hydrogens is 300 g/mol. The molecule has 0 saturated heterocycles. The standard InChI is InChI=1S/C15H24N4O2S/c1-11-18-12(10-22-11)5-6-16-13-9-19(8-7-17-13)14(20)21-15(2,3)4/h10H,5-9H2,1-4H3,(H,16,17). The summed E-state index contributed by atoms with van der Waals surface area (Å²) in [6, 6.07) is 0. The summed E-state index contributed by atoms with van der Waals surface area (Å²) in [4.78, 5) is 22.6. The minimum absolute atomic E-state index is 0.281. The minimum Gasteiger partial charge on any atom is -0.444 e. The minimum atomic E-state index is -0.470. The van der Waals surface area contributed by atoms with E-state index in [1.807, 2.05) is 27.7 Å². The molecule has 22 heavy (non-hydrogen) atoms.